The van der Waals surface area contributed by atoms with Crippen molar-refractivity contribution >= 4 is 16.1 Å². The van der Waals surface area contributed by atoms with Gasteiger partial charge in [-0.2, -0.15) is 0 Å². The summed E-state index contributed by atoms with van der Waals surface area (Å²) in [6, 6.07) is 6.79. The minimum atomic E-state index is -3.24. The lowest BCUT2D eigenvalue weighted by molar-refractivity contribution is 0.242. The highest BCUT2D eigenvalue weighted by Crippen LogP contribution is 2.07. The molecule has 0 heterocycles. The van der Waals surface area contributed by atoms with E-state index in [1.807, 2.05) is 0 Å². The molecule has 0 aromatic heterocycles. The van der Waals surface area contributed by atoms with E-state index in [-0.39, 0.29) is 11.8 Å². The molecule has 3 N–H and O–H groups in total. The fourth-order valence-electron chi connectivity index (χ4n) is 1.32. The molecule has 0 aliphatic rings. The molecule has 1 aromatic carbocycles. The summed E-state index contributed by atoms with van der Waals surface area (Å²) >= 11 is 0. The van der Waals surface area contributed by atoms with Crippen LogP contribution in [0, 0.1) is 0 Å². The third kappa shape index (κ3) is 4.72. The second-order valence-electron chi connectivity index (χ2n) is 3.71. The van der Waals surface area contributed by atoms with E-state index in [1.165, 1.54) is 7.05 Å². The molecule has 18 heavy (non-hydrogen) atoms. The number of sulfonamides is 1. The summed E-state index contributed by atoms with van der Waals surface area (Å²) in [4.78, 5) is 11.0. The van der Waals surface area contributed by atoms with Gasteiger partial charge in [-0.3, -0.25) is 0 Å². The topological polar surface area (TPSA) is 87.3 Å². The smallest absolute Gasteiger partial charge is 0.314 e. The van der Waals surface area contributed by atoms with Crippen molar-refractivity contribution in [3.63, 3.8) is 0 Å². The van der Waals surface area contributed by atoms with Crippen molar-refractivity contribution in [3.8, 4) is 0 Å². The van der Waals surface area contributed by atoms with Gasteiger partial charge in [-0.05, 0) is 18.2 Å². The minimum Gasteiger partial charge on any atom is -0.341 e. The molecule has 1 rings (SSSR count). The summed E-state index contributed by atoms with van der Waals surface area (Å²) in [6.07, 6.45) is 0. The number of benzene rings is 1. The van der Waals surface area contributed by atoms with Crippen LogP contribution in [0.25, 0.3) is 0 Å². The van der Waals surface area contributed by atoms with Crippen molar-refractivity contribution in [3.05, 3.63) is 35.4 Å². The van der Waals surface area contributed by atoms with Gasteiger partial charge in [-0.25, -0.2) is 17.9 Å². The summed E-state index contributed by atoms with van der Waals surface area (Å²) in [5, 5.41) is 5.09. The van der Waals surface area contributed by atoms with Crippen LogP contribution in [0.1, 0.15) is 11.1 Å². The number of hydrogen-bond donors (Lipinski definition) is 3. The van der Waals surface area contributed by atoms with Crippen LogP contribution in [0.4, 0.5) is 4.79 Å². The highest BCUT2D eigenvalue weighted by atomic mass is 32.2. The monoisotopic (exact) mass is 271 g/mol. The van der Waals surface area contributed by atoms with Gasteiger partial charge >= 0.3 is 6.03 Å². The van der Waals surface area contributed by atoms with E-state index in [2.05, 4.69) is 15.4 Å². The Morgan fingerprint density at radius 3 is 2.17 bits per heavy atom. The molecule has 6 nitrogen and oxygen atoms in total. The van der Waals surface area contributed by atoms with E-state index >= 15 is 0 Å². The Morgan fingerprint density at radius 1 is 1.11 bits per heavy atom. The Bertz CT molecular complexity index is 497. The van der Waals surface area contributed by atoms with Gasteiger partial charge in [0.05, 0.1) is 5.75 Å². The van der Waals surface area contributed by atoms with Crippen LogP contribution in [0.3, 0.4) is 0 Å². The second kappa shape index (κ2) is 6.36. The van der Waals surface area contributed by atoms with Crippen LogP contribution >= 0.6 is 0 Å². The van der Waals surface area contributed by atoms with E-state index in [9.17, 15) is 13.2 Å². The number of rotatable bonds is 5. The Morgan fingerprint density at radius 2 is 1.67 bits per heavy atom. The van der Waals surface area contributed by atoms with Crippen LogP contribution in [0.2, 0.25) is 0 Å². The van der Waals surface area contributed by atoms with E-state index in [0.717, 1.165) is 5.56 Å². The van der Waals surface area contributed by atoms with E-state index in [4.69, 9.17) is 0 Å². The maximum absolute atomic E-state index is 11.3. The van der Waals surface area contributed by atoms with Gasteiger partial charge in [-0.1, -0.05) is 24.3 Å². The Labute approximate surface area is 107 Å². The molecule has 0 bridgehead atoms. The lowest BCUT2D eigenvalue weighted by atomic mass is 10.1. The fraction of sp³-hybridized carbons (Fsp3) is 0.364. The first-order valence-corrected chi connectivity index (χ1v) is 7.06. The zero-order valence-corrected chi connectivity index (χ0v) is 11.2. The van der Waals surface area contributed by atoms with E-state index in [0.29, 0.717) is 12.1 Å². The SMILES string of the molecule is CNC(=O)NCc1ccc(CS(=O)(=O)NC)cc1. The normalized spacial score (nSPS) is 11.0. The van der Waals surface area contributed by atoms with Crippen molar-refractivity contribution in [2.45, 2.75) is 12.3 Å². The third-order valence-electron chi connectivity index (χ3n) is 2.37. The summed E-state index contributed by atoms with van der Waals surface area (Å²) in [6.45, 7) is 0.402. The van der Waals surface area contributed by atoms with Gasteiger partial charge in [0.15, 0.2) is 0 Å². The van der Waals surface area contributed by atoms with Gasteiger partial charge in [0.1, 0.15) is 0 Å². The number of urea groups is 1. The number of amides is 2. The van der Waals surface area contributed by atoms with Crippen molar-refractivity contribution < 1.29 is 13.2 Å². The second-order valence-corrected chi connectivity index (χ2v) is 5.64. The molecule has 0 spiro atoms. The molecule has 0 aliphatic heterocycles. The molecule has 0 aliphatic carbocycles. The van der Waals surface area contributed by atoms with Gasteiger partial charge in [0.25, 0.3) is 0 Å². The molecule has 100 valence electrons. The zero-order chi connectivity index (χ0) is 13.6. The molecule has 0 radical (unpaired) electrons. The van der Waals surface area contributed by atoms with Gasteiger partial charge < -0.3 is 10.6 Å². The lowest BCUT2D eigenvalue weighted by Gasteiger charge is -2.06. The maximum atomic E-state index is 11.3. The molecular weight excluding hydrogens is 254 g/mol. The predicted octanol–water partition coefficient (Wildman–Crippen LogP) is 0.165. The standard InChI is InChI=1S/C11H17N3O3S/c1-12-11(15)14-7-9-3-5-10(6-4-9)8-18(16,17)13-2/h3-6,13H,7-8H2,1-2H3,(H2,12,14,15). The number of hydrogen-bond acceptors (Lipinski definition) is 3. The lowest BCUT2D eigenvalue weighted by Crippen LogP contribution is -2.32. The Balaban J connectivity index is 2.60. The largest absolute Gasteiger partial charge is 0.341 e. The van der Waals surface area contributed by atoms with E-state index < -0.39 is 10.0 Å². The maximum Gasteiger partial charge on any atom is 0.314 e. The van der Waals surface area contributed by atoms with Crippen LogP contribution in [-0.2, 0) is 22.3 Å². The summed E-state index contributed by atoms with van der Waals surface area (Å²) < 4.78 is 24.9. The average Bonchev–Trinajstić information content (AvgIpc) is 2.37. The molecule has 0 unspecified atom stereocenters. The van der Waals surface area contributed by atoms with Crippen LogP contribution in [-0.4, -0.2) is 28.5 Å². The van der Waals surface area contributed by atoms with Crippen LogP contribution < -0.4 is 15.4 Å². The average molecular weight is 271 g/mol. The summed E-state index contributed by atoms with van der Waals surface area (Å²) in [5.74, 6) is -0.0490. The fourth-order valence-corrected chi connectivity index (χ4v) is 2.09. The van der Waals surface area contributed by atoms with Crippen LogP contribution in [0.5, 0.6) is 0 Å². The van der Waals surface area contributed by atoms with Crippen LogP contribution in [0.15, 0.2) is 24.3 Å². The number of carbonyl (C=O) groups excluding carboxylic acids is 1. The number of nitrogens with one attached hydrogen (secondary N) is 3. The molecule has 0 saturated carbocycles. The molecule has 0 atom stereocenters. The molecule has 0 fully saturated rings. The number of carbonyl (C=O) groups is 1. The minimum absolute atomic E-state index is 0.0490. The molecule has 0 saturated heterocycles. The Kier molecular flexibility index (Phi) is 5.11. The quantitative estimate of drug-likeness (QED) is 0.713. The predicted molar refractivity (Wildman–Crippen MR) is 69.4 cm³/mol. The van der Waals surface area contributed by atoms with E-state index in [1.54, 1.807) is 31.3 Å². The summed E-state index contributed by atoms with van der Waals surface area (Å²) in [7, 11) is -0.316. The van der Waals surface area contributed by atoms with Crippen molar-refractivity contribution in [1.29, 1.82) is 0 Å². The van der Waals surface area contributed by atoms with Crippen molar-refractivity contribution in [1.82, 2.24) is 15.4 Å². The van der Waals surface area contributed by atoms with Crippen molar-refractivity contribution in [2.75, 3.05) is 14.1 Å². The molecule has 1 aromatic rings. The zero-order valence-electron chi connectivity index (χ0n) is 10.4. The first kappa shape index (κ1) is 14.5. The first-order valence-electron chi connectivity index (χ1n) is 5.41. The molecular formula is C11H17N3O3S. The molecule has 7 heteroatoms. The highest BCUT2D eigenvalue weighted by molar-refractivity contribution is 7.88. The van der Waals surface area contributed by atoms with Gasteiger partial charge in [-0.15, -0.1) is 0 Å². The summed E-state index contributed by atoms with van der Waals surface area (Å²) in [5.41, 5.74) is 1.61. The Hall–Kier alpha value is -1.60. The van der Waals surface area contributed by atoms with Gasteiger partial charge in [0, 0.05) is 13.6 Å². The van der Waals surface area contributed by atoms with Gasteiger partial charge in [0.2, 0.25) is 10.0 Å². The third-order valence-corrected chi connectivity index (χ3v) is 3.71. The van der Waals surface area contributed by atoms with Crippen molar-refractivity contribution in [2.24, 2.45) is 0 Å². The molecule has 2 amide bonds. The highest BCUT2D eigenvalue weighted by Gasteiger charge is 2.08. The first-order chi connectivity index (χ1) is 8.46.